The van der Waals surface area contributed by atoms with Gasteiger partial charge in [0.05, 0.1) is 19.0 Å². The molecule has 1 saturated heterocycles. The average molecular weight is 338 g/mol. The fourth-order valence-corrected chi connectivity index (χ4v) is 3.75. The maximum Gasteiger partial charge on any atom is 0.242 e. The Bertz CT molecular complexity index is 819. The van der Waals surface area contributed by atoms with E-state index >= 15 is 0 Å². The van der Waals surface area contributed by atoms with E-state index in [9.17, 15) is 14.0 Å². The molecule has 2 heterocycles. The summed E-state index contributed by atoms with van der Waals surface area (Å²) in [5, 5.41) is 0. The van der Waals surface area contributed by atoms with E-state index in [1.165, 1.54) is 17.7 Å². The number of halogens is 1. The number of fused-ring (bicyclic) bond motifs is 3. The molecule has 4 rings (SSSR count). The lowest BCUT2D eigenvalue weighted by Crippen LogP contribution is -2.55. The van der Waals surface area contributed by atoms with Crippen LogP contribution in [0.5, 0.6) is 0 Å². The predicted molar refractivity (Wildman–Crippen MR) is 91.3 cm³/mol. The van der Waals surface area contributed by atoms with Gasteiger partial charge in [-0.25, -0.2) is 4.39 Å². The molecule has 0 N–H and O–H groups in total. The summed E-state index contributed by atoms with van der Waals surface area (Å²) >= 11 is 0. The summed E-state index contributed by atoms with van der Waals surface area (Å²) in [6.45, 7) is 1.35. The maximum absolute atomic E-state index is 13.0. The Morgan fingerprint density at radius 3 is 2.68 bits per heavy atom. The molecule has 2 aliphatic heterocycles. The van der Waals surface area contributed by atoms with Gasteiger partial charge in [-0.1, -0.05) is 36.4 Å². The van der Waals surface area contributed by atoms with Gasteiger partial charge in [-0.05, 0) is 35.2 Å². The average Bonchev–Trinajstić information content (AvgIpc) is 2.63. The van der Waals surface area contributed by atoms with Crippen LogP contribution in [0.3, 0.4) is 0 Å². The van der Waals surface area contributed by atoms with Gasteiger partial charge >= 0.3 is 0 Å². The summed E-state index contributed by atoms with van der Waals surface area (Å²) in [4.78, 5) is 28.7. The van der Waals surface area contributed by atoms with Gasteiger partial charge in [-0.2, -0.15) is 0 Å². The van der Waals surface area contributed by atoms with Gasteiger partial charge in [0.25, 0.3) is 0 Å². The summed E-state index contributed by atoms with van der Waals surface area (Å²) in [6.07, 6.45) is 1.05. The number of benzene rings is 2. The largest absolute Gasteiger partial charge is 0.332 e. The van der Waals surface area contributed by atoms with Crippen molar-refractivity contribution >= 4 is 11.8 Å². The van der Waals surface area contributed by atoms with Crippen molar-refractivity contribution in [2.24, 2.45) is 0 Å². The summed E-state index contributed by atoms with van der Waals surface area (Å²) in [6, 6.07) is 14.0. The van der Waals surface area contributed by atoms with Crippen molar-refractivity contribution in [3.8, 4) is 0 Å². The molecule has 1 fully saturated rings. The van der Waals surface area contributed by atoms with Gasteiger partial charge in [0, 0.05) is 13.1 Å². The normalized spacial score (nSPS) is 19.4. The molecule has 1 atom stereocenters. The molecule has 2 aliphatic rings. The number of hydrogen-bond donors (Lipinski definition) is 0. The topological polar surface area (TPSA) is 40.6 Å². The van der Waals surface area contributed by atoms with Crippen molar-refractivity contribution in [3.63, 3.8) is 0 Å². The van der Waals surface area contributed by atoms with Gasteiger partial charge in [0.15, 0.2) is 0 Å². The van der Waals surface area contributed by atoms with Gasteiger partial charge in [0.1, 0.15) is 5.82 Å². The number of hydrogen-bond acceptors (Lipinski definition) is 2. The highest BCUT2D eigenvalue weighted by Gasteiger charge is 2.38. The van der Waals surface area contributed by atoms with E-state index in [1.54, 1.807) is 17.0 Å². The smallest absolute Gasteiger partial charge is 0.242 e. The fraction of sp³-hybridized carbons (Fsp3) is 0.300. The first-order chi connectivity index (χ1) is 12.1. The second kappa shape index (κ2) is 6.31. The number of amides is 2. The molecule has 0 bridgehead atoms. The van der Waals surface area contributed by atoms with Gasteiger partial charge in [-0.15, -0.1) is 0 Å². The van der Waals surface area contributed by atoms with Crippen LogP contribution in [0.4, 0.5) is 4.39 Å². The zero-order valence-electron chi connectivity index (χ0n) is 13.8. The molecule has 2 amide bonds. The second-order valence-electron chi connectivity index (χ2n) is 6.63. The van der Waals surface area contributed by atoms with E-state index in [-0.39, 0.29) is 36.6 Å². The first-order valence-corrected chi connectivity index (χ1v) is 8.51. The molecular weight excluding hydrogens is 319 g/mol. The van der Waals surface area contributed by atoms with E-state index in [4.69, 9.17) is 0 Å². The van der Waals surface area contributed by atoms with Crippen LogP contribution in [0.2, 0.25) is 0 Å². The van der Waals surface area contributed by atoms with Gasteiger partial charge in [0.2, 0.25) is 11.8 Å². The zero-order valence-corrected chi connectivity index (χ0v) is 13.8. The first-order valence-electron chi connectivity index (χ1n) is 8.51. The molecule has 2 aromatic carbocycles. The van der Waals surface area contributed by atoms with Crippen LogP contribution in [0, 0.1) is 5.82 Å². The lowest BCUT2D eigenvalue weighted by atomic mass is 9.90. The Morgan fingerprint density at radius 1 is 1.12 bits per heavy atom. The predicted octanol–water partition coefficient (Wildman–Crippen LogP) is 2.34. The van der Waals surface area contributed by atoms with E-state index in [0.29, 0.717) is 13.1 Å². The van der Waals surface area contributed by atoms with Crippen molar-refractivity contribution in [2.45, 2.75) is 18.9 Å². The highest BCUT2D eigenvalue weighted by molar-refractivity contribution is 5.87. The van der Waals surface area contributed by atoms with Crippen molar-refractivity contribution in [2.75, 3.05) is 19.6 Å². The molecule has 128 valence electrons. The van der Waals surface area contributed by atoms with Crippen LogP contribution in [0.1, 0.15) is 22.7 Å². The number of rotatable bonds is 2. The third-order valence-electron chi connectivity index (χ3n) is 5.07. The van der Waals surface area contributed by atoms with Crippen molar-refractivity contribution in [3.05, 3.63) is 71.0 Å². The van der Waals surface area contributed by atoms with Crippen LogP contribution < -0.4 is 0 Å². The lowest BCUT2D eigenvalue weighted by molar-refractivity contribution is -0.149. The monoisotopic (exact) mass is 338 g/mol. The molecule has 0 aromatic heterocycles. The summed E-state index contributed by atoms with van der Waals surface area (Å²) in [5.41, 5.74) is 3.15. The molecular formula is C20H19FN2O2. The molecule has 2 aromatic rings. The van der Waals surface area contributed by atoms with Gasteiger partial charge in [-0.3, -0.25) is 9.59 Å². The standard InChI is InChI=1S/C20H19FN2O2/c21-16-7-5-14(6-8-16)11-19(24)22-12-18-17-4-2-1-3-15(17)9-10-23(18)20(25)13-22/h1-8,18H,9-13H2/t18-/m1/s1. The Morgan fingerprint density at radius 2 is 1.88 bits per heavy atom. The molecule has 0 saturated carbocycles. The fourth-order valence-electron chi connectivity index (χ4n) is 3.75. The van der Waals surface area contributed by atoms with Crippen LogP contribution in [-0.4, -0.2) is 41.2 Å². The summed E-state index contributed by atoms with van der Waals surface area (Å²) < 4.78 is 13.0. The number of carbonyl (C=O) groups excluding carboxylic acids is 2. The number of nitrogens with zero attached hydrogens (tertiary/aromatic N) is 2. The molecule has 0 aliphatic carbocycles. The molecule has 25 heavy (non-hydrogen) atoms. The third-order valence-corrected chi connectivity index (χ3v) is 5.07. The quantitative estimate of drug-likeness (QED) is 0.843. The molecule has 5 heteroatoms. The van der Waals surface area contributed by atoms with E-state index < -0.39 is 0 Å². The van der Waals surface area contributed by atoms with Crippen LogP contribution >= 0.6 is 0 Å². The van der Waals surface area contributed by atoms with Gasteiger partial charge < -0.3 is 9.80 Å². The number of carbonyl (C=O) groups is 2. The van der Waals surface area contributed by atoms with E-state index in [1.807, 2.05) is 23.1 Å². The molecule has 0 spiro atoms. The van der Waals surface area contributed by atoms with Crippen molar-refractivity contribution in [1.82, 2.24) is 9.80 Å². The molecule has 0 unspecified atom stereocenters. The highest BCUT2D eigenvalue weighted by Crippen LogP contribution is 2.33. The highest BCUT2D eigenvalue weighted by atomic mass is 19.1. The SMILES string of the molecule is O=C(Cc1ccc(F)cc1)N1CC(=O)N2CCc3ccccc3[C@H]2C1. The number of piperazine rings is 1. The second-order valence-corrected chi connectivity index (χ2v) is 6.63. The van der Waals surface area contributed by atoms with Crippen LogP contribution in [0.25, 0.3) is 0 Å². The summed E-state index contributed by atoms with van der Waals surface area (Å²) in [5.74, 6) is -0.417. The molecule has 4 nitrogen and oxygen atoms in total. The Kier molecular flexibility index (Phi) is 3.99. The van der Waals surface area contributed by atoms with E-state index in [0.717, 1.165) is 17.5 Å². The van der Waals surface area contributed by atoms with Crippen molar-refractivity contribution < 1.29 is 14.0 Å². The zero-order chi connectivity index (χ0) is 17.4. The lowest BCUT2D eigenvalue weighted by Gasteiger charge is -2.44. The maximum atomic E-state index is 13.0. The Labute approximate surface area is 145 Å². The molecule has 0 radical (unpaired) electrons. The minimum Gasteiger partial charge on any atom is -0.332 e. The Balaban J connectivity index is 1.54. The van der Waals surface area contributed by atoms with Crippen LogP contribution in [-0.2, 0) is 22.4 Å². The first kappa shape index (κ1) is 15.8. The minimum absolute atomic E-state index is 0.00166. The Hall–Kier alpha value is -2.69. The minimum atomic E-state index is -0.321. The van der Waals surface area contributed by atoms with Crippen molar-refractivity contribution in [1.29, 1.82) is 0 Å². The van der Waals surface area contributed by atoms with Crippen LogP contribution in [0.15, 0.2) is 48.5 Å². The van der Waals surface area contributed by atoms with E-state index in [2.05, 4.69) is 6.07 Å². The summed E-state index contributed by atoms with van der Waals surface area (Å²) in [7, 11) is 0. The third kappa shape index (κ3) is 3.02.